The molecule has 2 N–H and O–H groups in total. The Morgan fingerprint density at radius 2 is 1.93 bits per heavy atom. The Hall–Kier alpha value is -3.12. The zero-order chi connectivity index (χ0) is 20.1. The SMILES string of the molecule is CC(C(=O)Nc1ccc(Oc2ccccc2)cc1)N1CCCC(c2ncc[nH]2)C1. The van der Waals surface area contributed by atoms with Crippen LogP contribution in [0.4, 0.5) is 5.69 Å². The van der Waals surface area contributed by atoms with E-state index >= 15 is 0 Å². The van der Waals surface area contributed by atoms with Crippen molar-refractivity contribution in [2.24, 2.45) is 0 Å². The van der Waals surface area contributed by atoms with E-state index in [0.717, 1.165) is 48.9 Å². The molecule has 150 valence electrons. The van der Waals surface area contributed by atoms with Crippen molar-refractivity contribution in [1.82, 2.24) is 14.9 Å². The van der Waals surface area contributed by atoms with Gasteiger partial charge in [0.15, 0.2) is 0 Å². The number of imidazole rings is 1. The molecule has 0 radical (unpaired) electrons. The van der Waals surface area contributed by atoms with E-state index < -0.39 is 0 Å². The van der Waals surface area contributed by atoms with Crippen LogP contribution in [0.25, 0.3) is 0 Å². The highest BCUT2D eigenvalue weighted by Gasteiger charge is 2.29. The Morgan fingerprint density at radius 3 is 2.66 bits per heavy atom. The Labute approximate surface area is 170 Å². The van der Waals surface area contributed by atoms with Crippen LogP contribution in [0.3, 0.4) is 0 Å². The number of hydrogen-bond acceptors (Lipinski definition) is 4. The lowest BCUT2D eigenvalue weighted by atomic mass is 9.96. The molecule has 1 saturated heterocycles. The number of piperidine rings is 1. The van der Waals surface area contributed by atoms with Crippen LogP contribution >= 0.6 is 0 Å². The van der Waals surface area contributed by atoms with E-state index in [1.165, 1.54) is 0 Å². The van der Waals surface area contributed by atoms with Gasteiger partial charge in [0, 0.05) is 30.5 Å². The van der Waals surface area contributed by atoms with Crippen molar-refractivity contribution in [3.05, 3.63) is 72.8 Å². The van der Waals surface area contributed by atoms with Crippen molar-refractivity contribution >= 4 is 11.6 Å². The standard InChI is InChI=1S/C23H26N4O2/c1-17(27-15-5-6-18(16-27)22-24-13-14-25-22)23(28)26-19-9-11-21(12-10-19)29-20-7-3-2-4-8-20/h2-4,7-14,17-18H,5-6,15-16H2,1H3,(H,24,25)(H,26,28). The first-order valence-electron chi connectivity index (χ1n) is 10.1. The van der Waals surface area contributed by atoms with Gasteiger partial charge in [-0.1, -0.05) is 18.2 Å². The first kappa shape index (κ1) is 19.2. The van der Waals surface area contributed by atoms with E-state index in [4.69, 9.17) is 4.74 Å². The number of carbonyl (C=O) groups is 1. The number of hydrogen-bond donors (Lipinski definition) is 2. The smallest absolute Gasteiger partial charge is 0.241 e. The van der Waals surface area contributed by atoms with E-state index in [2.05, 4.69) is 20.2 Å². The van der Waals surface area contributed by atoms with Gasteiger partial charge in [0.1, 0.15) is 17.3 Å². The summed E-state index contributed by atoms with van der Waals surface area (Å²) in [6.07, 6.45) is 5.81. The van der Waals surface area contributed by atoms with Crippen molar-refractivity contribution in [1.29, 1.82) is 0 Å². The Bertz CT molecular complexity index is 910. The molecule has 1 fully saturated rings. The maximum Gasteiger partial charge on any atom is 0.241 e. The first-order valence-corrected chi connectivity index (χ1v) is 10.1. The minimum absolute atomic E-state index is 0.00169. The summed E-state index contributed by atoms with van der Waals surface area (Å²) in [5, 5.41) is 3.02. The van der Waals surface area contributed by atoms with Crippen LogP contribution < -0.4 is 10.1 Å². The molecular formula is C23H26N4O2. The largest absolute Gasteiger partial charge is 0.457 e. The van der Waals surface area contributed by atoms with Crippen molar-refractivity contribution in [2.75, 3.05) is 18.4 Å². The second-order valence-electron chi connectivity index (χ2n) is 7.41. The van der Waals surface area contributed by atoms with Crippen molar-refractivity contribution in [3.63, 3.8) is 0 Å². The Balaban J connectivity index is 1.33. The molecule has 29 heavy (non-hydrogen) atoms. The fraction of sp³-hybridized carbons (Fsp3) is 0.304. The highest BCUT2D eigenvalue weighted by molar-refractivity contribution is 5.94. The maximum atomic E-state index is 12.8. The summed E-state index contributed by atoms with van der Waals surface area (Å²) in [6.45, 7) is 3.73. The first-order chi connectivity index (χ1) is 14.2. The number of anilines is 1. The summed E-state index contributed by atoms with van der Waals surface area (Å²) in [5.41, 5.74) is 0.766. The highest BCUT2D eigenvalue weighted by atomic mass is 16.5. The molecule has 2 heterocycles. The number of benzene rings is 2. The molecular weight excluding hydrogens is 364 g/mol. The molecule has 0 saturated carbocycles. The normalized spacial score (nSPS) is 18.2. The number of nitrogens with zero attached hydrogens (tertiary/aromatic N) is 2. The molecule has 1 amide bonds. The van der Waals surface area contributed by atoms with Crippen LogP contribution in [-0.2, 0) is 4.79 Å². The van der Waals surface area contributed by atoms with Gasteiger partial charge in [-0.3, -0.25) is 9.69 Å². The Morgan fingerprint density at radius 1 is 1.17 bits per heavy atom. The second-order valence-corrected chi connectivity index (χ2v) is 7.41. The summed E-state index contributed by atoms with van der Waals surface area (Å²) < 4.78 is 5.80. The van der Waals surface area contributed by atoms with Crippen LogP contribution in [0.2, 0.25) is 0 Å². The van der Waals surface area contributed by atoms with Gasteiger partial charge in [-0.25, -0.2) is 4.98 Å². The highest BCUT2D eigenvalue weighted by Crippen LogP contribution is 2.26. The maximum absolute atomic E-state index is 12.8. The summed E-state index contributed by atoms with van der Waals surface area (Å²) in [4.78, 5) is 22.6. The number of H-pyrrole nitrogens is 1. The molecule has 0 bridgehead atoms. The summed E-state index contributed by atoms with van der Waals surface area (Å²) in [7, 11) is 0. The number of carbonyl (C=O) groups excluding carboxylic acids is 1. The van der Waals surface area contributed by atoms with Gasteiger partial charge in [0.25, 0.3) is 0 Å². The number of rotatable bonds is 6. The molecule has 1 aliphatic rings. The topological polar surface area (TPSA) is 70.2 Å². The molecule has 6 nitrogen and oxygen atoms in total. The quantitative estimate of drug-likeness (QED) is 0.654. The summed E-state index contributed by atoms with van der Waals surface area (Å²) in [6, 6.07) is 16.9. The summed E-state index contributed by atoms with van der Waals surface area (Å²) in [5.74, 6) is 2.88. The fourth-order valence-electron chi connectivity index (χ4n) is 3.73. The van der Waals surface area contributed by atoms with E-state index in [-0.39, 0.29) is 11.9 Å². The van der Waals surface area contributed by atoms with Gasteiger partial charge in [-0.05, 0) is 62.7 Å². The number of nitrogens with one attached hydrogen (secondary N) is 2. The lowest BCUT2D eigenvalue weighted by molar-refractivity contribution is -0.121. The molecule has 0 aliphatic carbocycles. The van der Waals surface area contributed by atoms with E-state index in [1.807, 2.05) is 67.7 Å². The van der Waals surface area contributed by atoms with Gasteiger partial charge in [-0.15, -0.1) is 0 Å². The zero-order valence-electron chi connectivity index (χ0n) is 16.5. The third-order valence-corrected chi connectivity index (χ3v) is 5.39. The fourth-order valence-corrected chi connectivity index (χ4v) is 3.73. The van der Waals surface area contributed by atoms with Crippen LogP contribution in [0.15, 0.2) is 67.0 Å². The number of amides is 1. The number of para-hydroxylation sites is 1. The molecule has 0 spiro atoms. The van der Waals surface area contributed by atoms with Crippen LogP contribution in [0.1, 0.15) is 31.5 Å². The zero-order valence-corrected chi connectivity index (χ0v) is 16.5. The van der Waals surface area contributed by atoms with Crippen LogP contribution in [0.5, 0.6) is 11.5 Å². The second kappa shape index (κ2) is 8.92. The molecule has 1 aliphatic heterocycles. The summed E-state index contributed by atoms with van der Waals surface area (Å²) >= 11 is 0. The van der Waals surface area contributed by atoms with Crippen molar-refractivity contribution < 1.29 is 9.53 Å². The van der Waals surface area contributed by atoms with Gasteiger partial charge in [0.2, 0.25) is 5.91 Å². The van der Waals surface area contributed by atoms with Gasteiger partial charge >= 0.3 is 0 Å². The van der Waals surface area contributed by atoms with E-state index in [9.17, 15) is 4.79 Å². The molecule has 2 unspecified atom stereocenters. The molecule has 3 aromatic rings. The number of aromatic nitrogens is 2. The number of ether oxygens (including phenoxy) is 1. The van der Waals surface area contributed by atoms with E-state index in [0.29, 0.717) is 5.92 Å². The molecule has 1 aromatic heterocycles. The average Bonchev–Trinajstić information content (AvgIpc) is 3.30. The van der Waals surface area contributed by atoms with Gasteiger partial charge in [0.05, 0.1) is 6.04 Å². The Kier molecular flexibility index (Phi) is 5.91. The van der Waals surface area contributed by atoms with E-state index in [1.54, 1.807) is 6.20 Å². The molecule has 6 heteroatoms. The molecule has 2 atom stereocenters. The molecule has 4 rings (SSSR count). The third kappa shape index (κ3) is 4.84. The predicted molar refractivity (Wildman–Crippen MR) is 113 cm³/mol. The number of aromatic amines is 1. The molecule has 2 aromatic carbocycles. The van der Waals surface area contributed by atoms with Gasteiger partial charge in [-0.2, -0.15) is 0 Å². The lowest BCUT2D eigenvalue weighted by Crippen LogP contribution is -2.46. The monoisotopic (exact) mass is 390 g/mol. The van der Waals surface area contributed by atoms with Crippen LogP contribution in [0, 0.1) is 0 Å². The lowest BCUT2D eigenvalue weighted by Gasteiger charge is -2.35. The predicted octanol–water partition coefficient (Wildman–Crippen LogP) is 4.41. The minimum atomic E-state index is -0.201. The van der Waals surface area contributed by atoms with Gasteiger partial charge < -0.3 is 15.0 Å². The number of likely N-dealkylation sites (tertiary alicyclic amines) is 1. The van der Waals surface area contributed by atoms with Crippen LogP contribution in [-0.4, -0.2) is 39.9 Å². The average molecular weight is 390 g/mol. The van der Waals surface area contributed by atoms with Crippen molar-refractivity contribution in [3.8, 4) is 11.5 Å². The third-order valence-electron chi connectivity index (χ3n) is 5.39. The minimum Gasteiger partial charge on any atom is -0.457 e. The van der Waals surface area contributed by atoms with Crippen molar-refractivity contribution in [2.45, 2.75) is 31.7 Å².